The molecule has 1 aromatic carbocycles. The number of rotatable bonds is 5. The van der Waals surface area contributed by atoms with Crippen molar-refractivity contribution < 1.29 is 4.39 Å². The summed E-state index contributed by atoms with van der Waals surface area (Å²) in [7, 11) is 0. The summed E-state index contributed by atoms with van der Waals surface area (Å²) in [6, 6.07) is 4.89. The van der Waals surface area contributed by atoms with Gasteiger partial charge >= 0.3 is 0 Å². The van der Waals surface area contributed by atoms with E-state index in [0.29, 0.717) is 5.56 Å². The fourth-order valence-corrected chi connectivity index (χ4v) is 2.30. The topological polar surface area (TPSA) is 38.0 Å². The van der Waals surface area contributed by atoms with E-state index in [1.54, 1.807) is 12.1 Å². The first-order valence-electron chi connectivity index (χ1n) is 5.62. The van der Waals surface area contributed by atoms with Crippen molar-refractivity contribution in [3.05, 3.63) is 34.1 Å². The third kappa shape index (κ3) is 3.03. The number of hydrogen-bond acceptors (Lipinski definition) is 2. The molecule has 0 aromatic heterocycles. The second-order valence-corrected chi connectivity index (χ2v) is 5.32. The van der Waals surface area contributed by atoms with Crippen LogP contribution in [0.3, 0.4) is 0 Å². The van der Waals surface area contributed by atoms with Gasteiger partial charge in [-0.3, -0.25) is 11.3 Å². The van der Waals surface area contributed by atoms with Gasteiger partial charge in [-0.15, -0.1) is 0 Å². The fourth-order valence-electron chi connectivity index (χ4n) is 1.92. The first-order valence-corrected chi connectivity index (χ1v) is 6.41. The van der Waals surface area contributed by atoms with Crippen LogP contribution in [0.2, 0.25) is 0 Å². The number of benzene rings is 1. The van der Waals surface area contributed by atoms with Crippen molar-refractivity contribution in [3.63, 3.8) is 0 Å². The third-order valence-corrected chi connectivity index (χ3v) is 3.59. The molecule has 1 aliphatic rings. The number of hydrogen-bond donors (Lipinski definition) is 2. The zero-order valence-corrected chi connectivity index (χ0v) is 10.6. The SMILES string of the molecule is NNC(CCC1CC1)c1cc(Br)ccc1F. The van der Waals surface area contributed by atoms with Gasteiger partial charge in [-0.25, -0.2) is 4.39 Å². The van der Waals surface area contributed by atoms with Crippen LogP contribution in [0, 0.1) is 11.7 Å². The summed E-state index contributed by atoms with van der Waals surface area (Å²) in [5.74, 6) is 6.14. The highest BCUT2D eigenvalue weighted by Crippen LogP contribution is 2.36. The zero-order chi connectivity index (χ0) is 11.5. The molecule has 16 heavy (non-hydrogen) atoms. The Labute approximate surface area is 104 Å². The Morgan fingerprint density at radius 2 is 2.25 bits per heavy atom. The Balaban J connectivity index is 2.07. The van der Waals surface area contributed by atoms with E-state index < -0.39 is 0 Å². The van der Waals surface area contributed by atoms with Gasteiger partial charge in [0.25, 0.3) is 0 Å². The van der Waals surface area contributed by atoms with Gasteiger partial charge in [-0.05, 0) is 37.0 Å². The summed E-state index contributed by atoms with van der Waals surface area (Å²) < 4.78 is 14.5. The van der Waals surface area contributed by atoms with Crippen molar-refractivity contribution >= 4 is 15.9 Å². The largest absolute Gasteiger partial charge is 0.271 e. The number of halogens is 2. The van der Waals surface area contributed by atoms with Gasteiger partial charge in [0.2, 0.25) is 0 Å². The van der Waals surface area contributed by atoms with Gasteiger partial charge in [-0.2, -0.15) is 0 Å². The molecule has 0 radical (unpaired) electrons. The Bertz CT molecular complexity index is 366. The normalized spacial score (nSPS) is 17.4. The minimum absolute atomic E-state index is 0.0851. The molecule has 88 valence electrons. The van der Waals surface area contributed by atoms with Crippen molar-refractivity contribution in [3.8, 4) is 0 Å². The van der Waals surface area contributed by atoms with Gasteiger partial charge in [0.1, 0.15) is 5.82 Å². The van der Waals surface area contributed by atoms with Crippen LogP contribution in [0.15, 0.2) is 22.7 Å². The summed E-state index contributed by atoms with van der Waals surface area (Å²) in [6.07, 6.45) is 4.66. The van der Waals surface area contributed by atoms with E-state index in [0.717, 1.165) is 23.2 Å². The minimum atomic E-state index is -0.193. The highest BCUT2D eigenvalue weighted by Gasteiger charge is 2.23. The van der Waals surface area contributed by atoms with E-state index in [1.165, 1.54) is 18.9 Å². The number of hydrazine groups is 1. The molecule has 0 bridgehead atoms. The quantitative estimate of drug-likeness (QED) is 0.644. The molecule has 0 aliphatic heterocycles. The van der Waals surface area contributed by atoms with Crippen LogP contribution >= 0.6 is 15.9 Å². The molecule has 1 unspecified atom stereocenters. The van der Waals surface area contributed by atoms with Crippen LogP contribution in [0.5, 0.6) is 0 Å². The second kappa shape index (κ2) is 5.25. The molecule has 0 spiro atoms. The number of nitrogens with two attached hydrogens (primary N) is 1. The van der Waals surface area contributed by atoms with Crippen LogP contribution in [0.25, 0.3) is 0 Å². The van der Waals surface area contributed by atoms with Gasteiger partial charge < -0.3 is 0 Å². The summed E-state index contributed by atoms with van der Waals surface area (Å²) in [5, 5.41) is 0. The fraction of sp³-hybridized carbons (Fsp3) is 0.500. The van der Waals surface area contributed by atoms with Crippen LogP contribution in [-0.4, -0.2) is 0 Å². The van der Waals surface area contributed by atoms with Crippen LogP contribution in [0.1, 0.15) is 37.3 Å². The van der Waals surface area contributed by atoms with E-state index in [-0.39, 0.29) is 11.9 Å². The first kappa shape index (κ1) is 12.0. The molecule has 0 saturated heterocycles. The van der Waals surface area contributed by atoms with E-state index in [4.69, 9.17) is 5.84 Å². The zero-order valence-electron chi connectivity index (χ0n) is 9.05. The maximum atomic E-state index is 13.6. The van der Waals surface area contributed by atoms with Crippen molar-refractivity contribution in [1.82, 2.24) is 5.43 Å². The standard InChI is InChI=1S/C12H16BrFN2/c13-9-4-5-11(14)10(7-9)12(16-15)6-3-8-1-2-8/h4-5,7-8,12,16H,1-3,6,15H2. The van der Waals surface area contributed by atoms with Gasteiger partial charge in [0, 0.05) is 16.1 Å². The lowest BCUT2D eigenvalue weighted by Crippen LogP contribution is -2.28. The predicted molar refractivity (Wildman–Crippen MR) is 66.1 cm³/mol. The average molecular weight is 287 g/mol. The van der Waals surface area contributed by atoms with Gasteiger partial charge in [0.15, 0.2) is 0 Å². The predicted octanol–water partition coefficient (Wildman–Crippen LogP) is 3.28. The summed E-state index contributed by atoms with van der Waals surface area (Å²) in [4.78, 5) is 0. The van der Waals surface area contributed by atoms with E-state index in [2.05, 4.69) is 21.4 Å². The summed E-state index contributed by atoms with van der Waals surface area (Å²) >= 11 is 3.35. The first-order chi connectivity index (χ1) is 7.70. The molecule has 0 heterocycles. The van der Waals surface area contributed by atoms with E-state index >= 15 is 0 Å². The van der Waals surface area contributed by atoms with Crippen LogP contribution in [-0.2, 0) is 0 Å². The van der Waals surface area contributed by atoms with Crippen molar-refractivity contribution in [2.24, 2.45) is 11.8 Å². The summed E-state index contributed by atoms with van der Waals surface area (Å²) in [5.41, 5.74) is 3.36. The average Bonchev–Trinajstić information content (AvgIpc) is 3.07. The highest BCUT2D eigenvalue weighted by molar-refractivity contribution is 9.10. The third-order valence-electron chi connectivity index (χ3n) is 3.10. The Hall–Kier alpha value is -0.450. The van der Waals surface area contributed by atoms with Crippen molar-refractivity contribution in [2.75, 3.05) is 0 Å². The van der Waals surface area contributed by atoms with E-state index in [1.807, 2.05) is 0 Å². The smallest absolute Gasteiger partial charge is 0.128 e. The number of nitrogens with one attached hydrogen (secondary N) is 1. The van der Waals surface area contributed by atoms with Gasteiger partial charge in [-0.1, -0.05) is 28.8 Å². The molecule has 2 nitrogen and oxygen atoms in total. The van der Waals surface area contributed by atoms with Crippen LogP contribution < -0.4 is 11.3 Å². The molecular weight excluding hydrogens is 271 g/mol. The van der Waals surface area contributed by atoms with Gasteiger partial charge in [0.05, 0.1) is 0 Å². The minimum Gasteiger partial charge on any atom is -0.271 e. The Kier molecular flexibility index (Phi) is 3.95. The maximum absolute atomic E-state index is 13.6. The molecule has 1 saturated carbocycles. The molecule has 1 aliphatic carbocycles. The Morgan fingerprint density at radius 3 is 2.88 bits per heavy atom. The summed E-state index contributed by atoms with van der Waals surface area (Å²) in [6.45, 7) is 0. The molecule has 3 N–H and O–H groups in total. The Morgan fingerprint density at radius 1 is 1.50 bits per heavy atom. The molecular formula is C12H16BrFN2. The monoisotopic (exact) mass is 286 g/mol. The second-order valence-electron chi connectivity index (χ2n) is 4.41. The lowest BCUT2D eigenvalue weighted by atomic mass is 10.0. The lowest BCUT2D eigenvalue weighted by Gasteiger charge is -2.17. The molecule has 4 heteroatoms. The van der Waals surface area contributed by atoms with Crippen LogP contribution in [0.4, 0.5) is 4.39 Å². The van der Waals surface area contributed by atoms with Crippen molar-refractivity contribution in [1.29, 1.82) is 0 Å². The molecule has 0 amide bonds. The molecule has 1 aromatic rings. The van der Waals surface area contributed by atoms with E-state index in [9.17, 15) is 4.39 Å². The van der Waals surface area contributed by atoms with Crippen molar-refractivity contribution in [2.45, 2.75) is 31.7 Å². The highest BCUT2D eigenvalue weighted by atomic mass is 79.9. The molecule has 2 rings (SSSR count). The molecule has 1 fully saturated rings. The lowest BCUT2D eigenvalue weighted by molar-refractivity contribution is 0.460. The molecule has 1 atom stereocenters. The maximum Gasteiger partial charge on any atom is 0.128 e.